The highest BCUT2D eigenvalue weighted by Crippen LogP contribution is 2.27. The fourth-order valence-electron chi connectivity index (χ4n) is 4.46. The van der Waals surface area contributed by atoms with Crippen LogP contribution >= 0.6 is 11.8 Å². The van der Waals surface area contributed by atoms with Crippen molar-refractivity contribution < 1.29 is 14.4 Å². The van der Waals surface area contributed by atoms with Crippen LogP contribution in [-0.2, 0) is 9.59 Å². The monoisotopic (exact) mass is 585 g/mol. The van der Waals surface area contributed by atoms with Crippen LogP contribution in [0.3, 0.4) is 0 Å². The third kappa shape index (κ3) is 7.78. The first-order chi connectivity index (χ1) is 20.9. The number of carbonyl (C=O) groups is 3. The van der Waals surface area contributed by atoms with Gasteiger partial charge in [-0.2, -0.15) is 0 Å². The molecule has 5 rings (SSSR count). The Kier molecular flexibility index (Phi) is 9.34. The van der Waals surface area contributed by atoms with E-state index in [4.69, 9.17) is 0 Å². The summed E-state index contributed by atoms with van der Waals surface area (Å²) in [7, 11) is 0. The van der Waals surface area contributed by atoms with Crippen LogP contribution in [0.25, 0.3) is 16.8 Å². The molecule has 1 atom stereocenters. The van der Waals surface area contributed by atoms with Crippen molar-refractivity contribution in [2.45, 2.75) is 24.0 Å². The summed E-state index contributed by atoms with van der Waals surface area (Å²) in [5.74, 6) is -0.968. The number of rotatable bonds is 9. The number of aryl methyl sites for hydroxylation is 1. The van der Waals surface area contributed by atoms with E-state index in [9.17, 15) is 14.4 Å². The summed E-state index contributed by atoms with van der Waals surface area (Å²) < 4.78 is 0. The average molecular weight is 586 g/mol. The van der Waals surface area contributed by atoms with Gasteiger partial charge in [0.25, 0.3) is 11.8 Å². The minimum Gasteiger partial charge on any atom is -0.325 e. The second-order valence-electron chi connectivity index (χ2n) is 10.0. The van der Waals surface area contributed by atoms with Gasteiger partial charge in [-0.25, -0.2) is 0 Å². The Bertz CT molecular complexity index is 1820. The molecule has 0 aliphatic rings. The van der Waals surface area contributed by atoms with Gasteiger partial charge in [-0.3, -0.25) is 14.4 Å². The predicted molar refractivity (Wildman–Crippen MR) is 176 cm³/mol. The van der Waals surface area contributed by atoms with Gasteiger partial charge in [-0.1, -0.05) is 78.9 Å². The van der Waals surface area contributed by atoms with E-state index in [1.807, 2.05) is 105 Å². The molecule has 1 unspecified atom stereocenters. The molecule has 3 amide bonds. The molecule has 5 aromatic rings. The van der Waals surface area contributed by atoms with Crippen LogP contribution < -0.4 is 16.0 Å². The van der Waals surface area contributed by atoms with Gasteiger partial charge in [0.15, 0.2) is 0 Å². The van der Waals surface area contributed by atoms with E-state index in [2.05, 4.69) is 16.0 Å². The zero-order valence-corrected chi connectivity index (χ0v) is 24.7. The largest absolute Gasteiger partial charge is 0.325 e. The molecule has 0 heterocycles. The van der Waals surface area contributed by atoms with Crippen molar-refractivity contribution in [2.24, 2.45) is 0 Å². The van der Waals surface area contributed by atoms with Crippen molar-refractivity contribution in [3.63, 3.8) is 0 Å². The fraction of sp³-hybridized carbons (Fsp3) is 0.0833. The SMILES string of the molecule is Cc1ccccc1/C=C(\NC(=O)c1ccccc1)C(=O)Nc1cccc(SC(C)C(=O)Nc2ccc3ccccc3c2)c1. The number of benzene rings is 5. The molecule has 5 aromatic carbocycles. The molecule has 6 nitrogen and oxygen atoms in total. The van der Waals surface area contributed by atoms with Gasteiger partial charge in [0, 0.05) is 21.8 Å². The summed E-state index contributed by atoms with van der Waals surface area (Å²) in [5.41, 5.74) is 3.63. The minimum absolute atomic E-state index is 0.115. The van der Waals surface area contributed by atoms with Crippen molar-refractivity contribution >= 4 is 57.7 Å². The molecule has 214 valence electrons. The zero-order chi connectivity index (χ0) is 30.2. The van der Waals surface area contributed by atoms with Crippen LogP contribution in [0.5, 0.6) is 0 Å². The summed E-state index contributed by atoms with van der Waals surface area (Å²) in [6.45, 7) is 3.78. The van der Waals surface area contributed by atoms with Crippen molar-refractivity contribution in [3.8, 4) is 0 Å². The van der Waals surface area contributed by atoms with Gasteiger partial charge in [0.1, 0.15) is 5.70 Å². The Morgan fingerprint density at radius 1 is 0.698 bits per heavy atom. The highest BCUT2D eigenvalue weighted by molar-refractivity contribution is 8.00. The Balaban J connectivity index is 1.28. The number of fused-ring (bicyclic) bond motifs is 1. The van der Waals surface area contributed by atoms with Gasteiger partial charge >= 0.3 is 0 Å². The summed E-state index contributed by atoms with van der Waals surface area (Å²) in [5, 5.41) is 10.5. The molecule has 3 N–H and O–H groups in total. The molecule has 7 heteroatoms. The number of carbonyl (C=O) groups excluding carboxylic acids is 3. The Morgan fingerprint density at radius 2 is 1.40 bits per heavy atom. The smallest absolute Gasteiger partial charge is 0.272 e. The van der Waals surface area contributed by atoms with Crippen LogP contribution in [0.15, 0.2) is 132 Å². The first kappa shape index (κ1) is 29.4. The third-order valence-corrected chi connectivity index (χ3v) is 7.90. The van der Waals surface area contributed by atoms with Crippen molar-refractivity contribution in [1.82, 2.24) is 5.32 Å². The summed E-state index contributed by atoms with van der Waals surface area (Å²) in [6, 6.07) is 37.5. The molecule has 0 radical (unpaired) electrons. The van der Waals surface area contributed by atoms with Crippen LogP contribution in [0, 0.1) is 6.92 Å². The second kappa shape index (κ2) is 13.7. The standard InChI is InChI=1S/C36H31N3O3S/c1-24-11-6-7-15-28(24)22-33(39-35(41)27-13-4-3-5-14-27)36(42)38-30-17-10-18-32(23-30)43-25(2)34(40)37-31-20-19-26-12-8-9-16-29(26)21-31/h3-23,25H,1-2H3,(H,37,40)(H,38,42)(H,39,41)/b33-22-. The molecule has 0 aliphatic carbocycles. The van der Waals surface area contributed by atoms with Crippen LogP contribution in [0.4, 0.5) is 11.4 Å². The van der Waals surface area contributed by atoms with Gasteiger partial charge in [0.2, 0.25) is 5.91 Å². The fourth-order valence-corrected chi connectivity index (χ4v) is 5.39. The maximum Gasteiger partial charge on any atom is 0.272 e. The van der Waals surface area contributed by atoms with Crippen LogP contribution in [-0.4, -0.2) is 23.0 Å². The van der Waals surface area contributed by atoms with Gasteiger partial charge < -0.3 is 16.0 Å². The summed E-state index contributed by atoms with van der Waals surface area (Å²) >= 11 is 1.39. The topological polar surface area (TPSA) is 87.3 Å². The average Bonchev–Trinajstić information content (AvgIpc) is 3.02. The lowest BCUT2D eigenvalue weighted by molar-refractivity contribution is -0.115. The quantitative estimate of drug-likeness (QED) is 0.122. The zero-order valence-electron chi connectivity index (χ0n) is 23.8. The predicted octanol–water partition coefficient (Wildman–Crippen LogP) is 7.68. The number of thioether (sulfide) groups is 1. The highest BCUT2D eigenvalue weighted by Gasteiger charge is 2.18. The molecule has 0 spiro atoms. The number of hydrogen-bond acceptors (Lipinski definition) is 4. The van der Waals surface area contributed by atoms with Crippen LogP contribution in [0.2, 0.25) is 0 Å². The van der Waals surface area contributed by atoms with E-state index >= 15 is 0 Å². The van der Waals surface area contributed by atoms with Crippen LogP contribution in [0.1, 0.15) is 28.4 Å². The van der Waals surface area contributed by atoms with E-state index in [1.165, 1.54) is 11.8 Å². The first-order valence-electron chi connectivity index (χ1n) is 13.9. The maximum absolute atomic E-state index is 13.5. The van der Waals surface area contributed by atoms with Crippen molar-refractivity contribution in [1.29, 1.82) is 0 Å². The maximum atomic E-state index is 13.5. The lowest BCUT2D eigenvalue weighted by Crippen LogP contribution is -2.30. The van der Waals surface area contributed by atoms with E-state index in [1.54, 1.807) is 36.4 Å². The van der Waals surface area contributed by atoms with Crippen molar-refractivity contribution in [2.75, 3.05) is 10.6 Å². The van der Waals surface area contributed by atoms with E-state index in [0.29, 0.717) is 11.3 Å². The number of hydrogen-bond donors (Lipinski definition) is 3. The summed E-state index contributed by atoms with van der Waals surface area (Å²) in [4.78, 5) is 40.2. The van der Waals surface area contributed by atoms with E-state index in [0.717, 1.165) is 32.5 Å². The highest BCUT2D eigenvalue weighted by atomic mass is 32.2. The molecule has 0 aromatic heterocycles. The Labute approximate surface area is 255 Å². The van der Waals surface area contributed by atoms with Gasteiger partial charge in [0.05, 0.1) is 5.25 Å². The normalized spacial score (nSPS) is 11.9. The molecule has 0 fully saturated rings. The molecule has 0 aliphatic heterocycles. The first-order valence-corrected chi connectivity index (χ1v) is 14.8. The number of nitrogens with one attached hydrogen (secondary N) is 3. The Hall–Kier alpha value is -5.14. The van der Waals surface area contributed by atoms with Crippen molar-refractivity contribution in [3.05, 3.63) is 144 Å². The molecule has 0 bridgehead atoms. The Morgan fingerprint density at radius 3 is 2.19 bits per heavy atom. The molecule has 43 heavy (non-hydrogen) atoms. The molecule has 0 saturated heterocycles. The molecular weight excluding hydrogens is 554 g/mol. The summed E-state index contributed by atoms with van der Waals surface area (Å²) in [6.07, 6.45) is 1.67. The third-order valence-electron chi connectivity index (χ3n) is 6.81. The number of anilines is 2. The van der Waals surface area contributed by atoms with Gasteiger partial charge in [-0.15, -0.1) is 11.8 Å². The lowest BCUT2D eigenvalue weighted by Gasteiger charge is -2.14. The van der Waals surface area contributed by atoms with Gasteiger partial charge in [-0.05, 0) is 84.3 Å². The molecule has 0 saturated carbocycles. The molecular formula is C36H31N3O3S. The van der Waals surface area contributed by atoms with E-state index in [-0.39, 0.29) is 22.8 Å². The van der Waals surface area contributed by atoms with E-state index < -0.39 is 5.91 Å². The lowest BCUT2D eigenvalue weighted by atomic mass is 10.1. The number of amides is 3. The minimum atomic E-state index is -0.461. The second-order valence-corrected chi connectivity index (χ2v) is 11.4.